The molecule has 6 nitrogen and oxygen atoms in total. The topological polar surface area (TPSA) is 87.8 Å². The van der Waals surface area contributed by atoms with E-state index in [9.17, 15) is 0 Å². The molecule has 0 fully saturated rings. The van der Waals surface area contributed by atoms with Gasteiger partial charge in [0.15, 0.2) is 0 Å². The minimum atomic E-state index is -1.50. The van der Waals surface area contributed by atoms with Crippen molar-refractivity contribution in [3.05, 3.63) is 58.1 Å². The maximum Gasteiger partial charge on any atom is 0.291 e. The molecule has 1 aliphatic heterocycles. The van der Waals surface area contributed by atoms with Crippen LogP contribution in [0, 0.1) is 10.1 Å². The van der Waals surface area contributed by atoms with Crippen molar-refractivity contribution in [2.24, 2.45) is 4.99 Å². The van der Waals surface area contributed by atoms with Gasteiger partial charge in [0, 0.05) is 13.0 Å². The first-order valence-corrected chi connectivity index (χ1v) is 6.23. The molecule has 2 aromatic carbocycles. The molecule has 0 saturated carbocycles. The number of nitrogens with zero attached hydrogens (tertiary/aromatic N) is 2. The highest BCUT2D eigenvalue weighted by Crippen LogP contribution is 2.16. The quantitative estimate of drug-likeness (QED) is 0.647. The largest absolute Gasteiger partial charge is 0.372 e. The molecular weight excluding hydrogens is 258 g/mol. The highest BCUT2D eigenvalue weighted by Gasteiger charge is 2.05. The molecular formula is C14H15N3O3. The van der Waals surface area contributed by atoms with Gasteiger partial charge in [-0.25, -0.2) is 0 Å². The molecule has 0 aromatic heterocycles. The van der Waals surface area contributed by atoms with E-state index >= 15 is 0 Å². The Morgan fingerprint density at radius 3 is 2.60 bits per heavy atom. The van der Waals surface area contributed by atoms with Gasteiger partial charge in [0.2, 0.25) is 0 Å². The van der Waals surface area contributed by atoms with E-state index in [0.717, 1.165) is 25.3 Å². The minimum absolute atomic E-state index is 0.920. The van der Waals surface area contributed by atoms with Crippen LogP contribution in [0.1, 0.15) is 5.56 Å². The summed E-state index contributed by atoms with van der Waals surface area (Å²) in [4.78, 5) is 12.8. The monoisotopic (exact) mass is 273 g/mol. The number of benzene rings is 2. The van der Waals surface area contributed by atoms with Gasteiger partial charge in [0.1, 0.15) is 5.84 Å². The molecule has 0 atom stereocenters. The second kappa shape index (κ2) is 6.51. The highest BCUT2D eigenvalue weighted by molar-refractivity contribution is 5.88. The third-order valence-electron chi connectivity index (χ3n) is 2.93. The van der Waals surface area contributed by atoms with E-state index in [0.29, 0.717) is 0 Å². The molecule has 2 N–H and O–H groups in total. The van der Waals surface area contributed by atoms with E-state index in [1.54, 1.807) is 0 Å². The Labute approximate surface area is 115 Å². The lowest BCUT2D eigenvalue weighted by Crippen LogP contribution is -2.20. The summed E-state index contributed by atoms with van der Waals surface area (Å²) in [6.07, 6.45) is 0.921. The summed E-state index contributed by atoms with van der Waals surface area (Å²) in [5, 5.41) is 19.5. The van der Waals surface area contributed by atoms with Crippen molar-refractivity contribution in [3.63, 3.8) is 0 Å². The van der Waals surface area contributed by atoms with Gasteiger partial charge in [-0.3, -0.25) is 4.99 Å². The lowest BCUT2D eigenvalue weighted by Gasteiger charge is -2.04. The second-order valence-corrected chi connectivity index (χ2v) is 4.35. The van der Waals surface area contributed by atoms with Gasteiger partial charge in [0.05, 0.1) is 6.54 Å². The molecule has 3 rings (SSSR count). The average molecular weight is 273 g/mol. The maximum absolute atomic E-state index is 8.36. The van der Waals surface area contributed by atoms with Gasteiger partial charge in [-0.2, -0.15) is 0 Å². The Kier molecular flexibility index (Phi) is 4.49. The third-order valence-corrected chi connectivity index (χ3v) is 2.93. The van der Waals surface area contributed by atoms with Crippen LogP contribution in [0.3, 0.4) is 0 Å². The fourth-order valence-electron chi connectivity index (χ4n) is 2.11. The van der Waals surface area contributed by atoms with Crippen LogP contribution in [0.25, 0.3) is 10.8 Å². The molecule has 0 spiro atoms. The fourth-order valence-corrected chi connectivity index (χ4v) is 2.11. The van der Waals surface area contributed by atoms with Crippen LogP contribution in [0.2, 0.25) is 0 Å². The van der Waals surface area contributed by atoms with Crippen LogP contribution in [-0.4, -0.2) is 29.2 Å². The average Bonchev–Trinajstić information content (AvgIpc) is 2.91. The van der Waals surface area contributed by atoms with Gasteiger partial charge < -0.3 is 10.5 Å². The second-order valence-electron chi connectivity index (χ2n) is 4.35. The summed E-state index contributed by atoms with van der Waals surface area (Å²) < 4.78 is 0. The standard InChI is InChI=1S/C14H14N2.HNO3/c1-2-4-13-9-11(5-6-12(13)3-1)10-14-15-7-8-16-14;2-1(3)4/h1-6,9H,7-8,10H2,(H,15,16);(H,2,3,4). The summed E-state index contributed by atoms with van der Waals surface area (Å²) in [7, 11) is 0. The molecule has 0 unspecified atom stereocenters. The molecule has 104 valence electrons. The van der Waals surface area contributed by atoms with Crippen LogP contribution in [0.4, 0.5) is 0 Å². The number of fused-ring (bicyclic) bond motifs is 1. The Hall–Kier alpha value is -2.63. The zero-order chi connectivity index (χ0) is 14.4. The molecule has 20 heavy (non-hydrogen) atoms. The predicted octanol–water partition coefficient (Wildman–Crippen LogP) is 2.04. The Bertz CT molecular complexity index is 636. The van der Waals surface area contributed by atoms with Crippen molar-refractivity contribution in [1.82, 2.24) is 5.32 Å². The molecule has 0 saturated heterocycles. The first-order valence-electron chi connectivity index (χ1n) is 6.23. The lowest BCUT2D eigenvalue weighted by molar-refractivity contribution is -0.742. The number of rotatable bonds is 2. The molecule has 2 aromatic rings. The van der Waals surface area contributed by atoms with Crippen molar-refractivity contribution in [2.75, 3.05) is 13.1 Å². The van der Waals surface area contributed by atoms with Crippen LogP contribution in [0.5, 0.6) is 0 Å². The first-order chi connectivity index (χ1) is 9.65. The SMILES string of the molecule is O=[N+]([O-])O.c1ccc2cc(CC3=NCCN3)ccc2c1. The summed E-state index contributed by atoms with van der Waals surface area (Å²) in [5.74, 6) is 1.12. The Morgan fingerprint density at radius 2 is 1.95 bits per heavy atom. The number of amidine groups is 1. The molecule has 0 amide bonds. The van der Waals surface area contributed by atoms with E-state index < -0.39 is 5.09 Å². The van der Waals surface area contributed by atoms with Gasteiger partial charge in [-0.1, -0.05) is 42.5 Å². The van der Waals surface area contributed by atoms with Gasteiger partial charge in [-0.05, 0) is 16.3 Å². The van der Waals surface area contributed by atoms with Crippen molar-refractivity contribution >= 4 is 16.6 Å². The Morgan fingerprint density at radius 1 is 1.25 bits per heavy atom. The summed E-state index contributed by atoms with van der Waals surface area (Å²) in [6.45, 7) is 1.91. The smallest absolute Gasteiger partial charge is 0.291 e. The maximum atomic E-state index is 8.36. The van der Waals surface area contributed by atoms with Crippen molar-refractivity contribution in [1.29, 1.82) is 0 Å². The summed E-state index contributed by atoms with van der Waals surface area (Å²) >= 11 is 0. The van der Waals surface area contributed by atoms with Crippen LogP contribution in [-0.2, 0) is 6.42 Å². The van der Waals surface area contributed by atoms with Gasteiger partial charge in [-0.15, -0.1) is 10.1 Å². The van der Waals surface area contributed by atoms with E-state index in [4.69, 9.17) is 15.3 Å². The van der Waals surface area contributed by atoms with Gasteiger partial charge in [0.25, 0.3) is 5.09 Å². The minimum Gasteiger partial charge on any atom is -0.372 e. The molecule has 0 radical (unpaired) electrons. The fraction of sp³-hybridized carbons (Fsp3) is 0.214. The van der Waals surface area contributed by atoms with Crippen molar-refractivity contribution in [2.45, 2.75) is 6.42 Å². The van der Waals surface area contributed by atoms with E-state index in [2.05, 4.69) is 52.8 Å². The summed E-state index contributed by atoms with van der Waals surface area (Å²) in [6, 6.07) is 15.1. The van der Waals surface area contributed by atoms with Crippen molar-refractivity contribution < 1.29 is 10.3 Å². The molecule has 0 aliphatic carbocycles. The number of nitrogens with one attached hydrogen (secondary N) is 1. The van der Waals surface area contributed by atoms with Crippen LogP contribution in [0.15, 0.2) is 47.5 Å². The number of hydrogen-bond acceptors (Lipinski definition) is 4. The normalized spacial score (nSPS) is 13.1. The number of hydrogen-bond donors (Lipinski definition) is 2. The number of aliphatic imine (C=N–C) groups is 1. The van der Waals surface area contributed by atoms with Crippen LogP contribution >= 0.6 is 0 Å². The Balaban J connectivity index is 0.000000328. The van der Waals surface area contributed by atoms with Gasteiger partial charge >= 0.3 is 0 Å². The predicted molar refractivity (Wildman–Crippen MR) is 76.7 cm³/mol. The lowest BCUT2D eigenvalue weighted by atomic mass is 10.0. The third kappa shape index (κ3) is 3.94. The molecule has 6 heteroatoms. The van der Waals surface area contributed by atoms with E-state index in [1.807, 2.05) is 0 Å². The zero-order valence-corrected chi connectivity index (χ0v) is 10.8. The highest BCUT2D eigenvalue weighted by atomic mass is 16.9. The van der Waals surface area contributed by atoms with Crippen molar-refractivity contribution in [3.8, 4) is 0 Å². The molecule has 0 bridgehead atoms. The first kappa shape index (κ1) is 13.8. The van der Waals surface area contributed by atoms with E-state index in [-0.39, 0.29) is 0 Å². The molecule has 1 aliphatic rings. The molecule has 1 heterocycles. The van der Waals surface area contributed by atoms with E-state index in [1.165, 1.54) is 16.3 Å². The summed E-state index contributed by atoms with van der Waals surface area (Å²) in [5.41, 5.74) is 1.33. The van der Waals surface area contributed by atoms with Crippen LogP contribution < -0.4 is 5.32 Å². The zero-order valence-electron chi connectivity index (χ0n) is 10.8.